The van der Waals surface area contributed by atoms with Crippen molar-refractivity contribution in [1.29, 1.82) is 0 Å². The molecule has 36 heavy (non-hydrogen) atoms. The summed E-state index contributed by atoms with van der Waals surface area (Å²) in [6.07, 6.45) is 4.41. The van der Waals surface area contributed by atoms with Crippen molar-refractivity contribution in [3.63, 3.8) is 0 Å². The van der Waals surface area contributed by atoms with Crippen molar-refractivity contribution >= 4 is 44.5 Å². The standard InChI is InChI=1S/C29H20N4O3/c1-3-27(34)32-24-14-21(8-4-17(24)2)33-28(35)11-7-20-15-30-23-9-5-18(12-22(23)29(20)33)19-6-10-26-25(13-19)31-16-36-26/h3-16H,1H2,2H3,(H,32,34). The van der Waals surface area contributed by atoms with Gasteiger partial charge in [-0.25, -0.2) is 4.98 Å². The Morgan fingerprint density at radius 3 is 2.67 bits per heavy atom. The van der Waals surface area contributed by atoms with Crippen LogP contribution in [0, 0.1) is 6.92 Å². The van der Waals surface area contributed by atoms with Crippen LogP contribution in [0.2, 0.25) is 0 Å². The predicted octanol–water partition coefficient (Wildman–Crippen LogP) is 5.78. The molecule has 1 N–H and O–H groups in total. The summed E-state index contributed by atoms with van der Waals surface area (Å²) in [7, 11) is 0. The van der Waals surface area contributed by atoms with E-state index < -0.39 is 0 Å². The highest BCUT2D eigenvalue weighted by Gasteiger charge is 2.13. The molecule has 0 aliphatic carbocycles. The van der Waals surface area contributed by atoms with Gasteiger partial charge >= 0.3 is 0 Å². The molecule has 3 aromatic carbocycles. The Balaban J connectivity index is 1.61. The van der Waals surface area contributed by atoms with Crippen LogP contribution in [0.3, 0.4) is 0 Å². The van der Waals surface area contributed by atoms with Crippen molar-refractivity contribution in [2.45, 2.75) is 6.92 Å². The number of hydrogen-bond acceptors (Lipinski definition) is 5. The fraction of sp³-hybridized carbons (Fsp3) is 0.0345. The molecule has 0 aliphatic rings. The smallest absolute Gasteiger partial charge is 0.255 e. The predicted molar refractivity (Wildman–Crippen MR) is 141 cm³/mol. The third-order valence-corrected chi connectivity index (χ3v) is 6.30. The number of aromatic nitrogens is 3. The molecule has 6 rings (SSSR count). The van der Waals surface area contributed by atoms with Crippen molar-refractivity contribution in [1.82, 2.24) is 14.5 Å². The molecule has 0 bridgehead atoms. The van der Waals surface area contributed by atoms with Crippen LogP contribution in [0.5, 0.6) is 0 Å². The zero-order chi connectivity index (χ0) is 24.8. The van der Waals surface area contributed by atoms with Crippen LogP contribution >= 0.6 is 0 Å². The lowest BCUT2D eigenvalue weighted by Gasteiger charge is -2.15. The van der Waals surface area contributed by atoms with Gasteiger partial charge in [-0.15, -0.1) is 0 Å². The Morgan fingerprint density at radius 1 is 0.972 bits per heavy atom. The SMILES string of the molecule is C=CC(=O)Nc1cc(-n2c(=O)ccc3cnc4ccc(-c5ccc6ocnc6c5)cc4c32)ccc1C. The minimum atomic E-state index is -0.316. The van der Waals surface area contributed by atoms with Gasteiger partial charge in [-0.3, -0.25) is 19.1 Å². The molecule has 0 aliphatic heterocycles. The fourth-order valence-electron chi connectivity index (χ4n) is 4.45. The monoisotopic (exact) mass is 472 g/mol. The maximum absolute atomic E-state index is 13.2. The molecule has 0 atom stereocenters. The first kappa shape index (κ1) is 21.5. The van der Waals surface area contributed by atoms with Gasteiger partial charge < -0.3 is 9.73 Å². The van der Waals surface area contributed by atoms with E-state index in [4.69, 9.17) is 4.42 Å². The lowest BCUT2D eigenvalue weighted by Crippen LogP contribution is -2.18. The number of pyridine rings is 2. The topological polar surface area (TPSA) is 90.0 Å². The summed E-state index contributed by atoms with van der Waals surface area (Å²) in [6, 6.07) is 20.7. The number of aryl methyl sites for hydroxylation is 1. The highest BCUT2D eigenvalue weighted by Crippen LogP contribution is 2.31. The summed E-state index contributed by atoms with van der Waals surface area (Å²) >= 11 is 0. The number of nitrogens with zero attached hydrogens (tertiary/aromatic N) is 3. The third kappa shape index (κ3) is 3.54. The Bertz CT molecular complexity index is 1900. The van der Waals surface area contributed by atoms with Crippen LogP contribution in [0.15, 0.2) is 101 Å². The quantitative estimate of drug-likeness (QED) is 0.259. The highest BCUT2D eigenvalue weighted by molar-refractivity contribution is 6.06. The molecule has 0 saturated heterocycles. The van der Waals surface area contributed by atoms with Gasteiger partial charge in [0, 0.05) is 28.7 Å². The number of hydrogen-bond donors (Lipinski definition) is 1. The molecule has 7 nitrogen and oxygen atoms in total. The molecule has 7 heteroatoms. The minimum Gasteiger partial charge on any atom is -0.443 e. The largest absolute Gasteiger partial charge is 0.443 e. The van der Waals surface area contributed by atoms with E-state index in [0.717, 1.165) is 49.6 Å². The number of benzene rings is 3. The fourth-order valence-corrected chi connectivity index (χ4v) is 4.45. The summed E-state index contributed by atoms with van der Waals surface area (Å²) in [5.74, 6) is -0.316. The number of nitrogens with one attached hydrogen (secondary N) is 1. The van der Waals surface area contributed by atoms with Crippen LogP contribution in [-0.4, -0.2) is 20.4 Å². The maximum atomic E-state index is 13.2. The number of carbonyl (C=O) groups is 1. The van der Waals surface area contributed by atoms with Crippen molar-refractivity contribution in [2.75, 3.05) is 5.32 Å². The van der Waals surface area contributed by atoms with E-state index in [9.17, 15) is 9.59 Å². The van der Waals surface area contributed by atoms with Gasteiger partial charge in [0.1, 0.15) is 5.52 Å². The van der Waals surface area contributed by atoms with E-state index in [-0.39, 0.29) is 11.5 Å². The number of oxazole rings is 1. The maximum Gasteiger partial charge on any atom is 0.255 e. The lowest BCUT2D eigenvalue weighted by atomic mass is 10.0. The van der Waals surface area contributed by atoms with Crippen LogP contribution in [-0.2, 0) is 4.79 Å². The second kappa shape index (κ2) is 8.32. The zero-order valence-corrected chi connectivity index (χ0v) is 19.4. The van der Waals surface area contributed by atoms with Crippen molar-refractivity contribution in [3.8, 4) is 16.8 Å². The average molecular weight is 473 g/mol. The molecule has 0 radical (unpaired) electrons. The van der Waals surface area contributed by atoms with Crippen LogP contribution < -0.4 is 10.9 Å². The molecule has 3 aromatic heterocycles. The van der Waals surface area contributed by atoms with Gasteiger partial charge in [0.05, 0.1) is 16.7 Å². The zero-order valence-electron chi connectivity index (χ0n) is 19.4. The minimum absolute atomic E-state index is 0.186. The summed E-state index contributed by atoms with van der Waals surface area (Å²) < 4.78 is 7.03. The molecule has 3 heterocycles. The van der Waals surface area contributed by atoms with E-state index in [1.54, 1.807) is 22.9 Å². The molecule has 0 fully saturated rings. The number of anilines is 1. The van der Waals surface area contributed by atoms with Gasteiger partial charge in [0.2, 0.25) is 5.91 Å². The van der Waals surface area contributed by atoms with Crippen molar-refractivity contribution < 1.29 is 9.21 Å². The van der Waals surface area contributed by atoms with Crippen molar-refractivity contribution in [3.05, 3.63) is 108 Å². The van der Waals surface area contributed by atoms with E-state index in [0.29, 0.717) is 11.4 Å². The summed E-state index contributed by atoms with van der Waals surface area (Å²) in [4.78, 5) is 34.1. The van der Waals surface area contributed by atoms with Gasteiger partial charge in [-0.2, -0.15) is 0 Å². The Morgan fingerprint density at radius 2 is 1.81 bits per heavy atom. The molecular weight excluding hydrogens is 452 g/mol. The molecule has 1 amide bonds. The molecule has 0 spiro atoms. The number of fused-ring (bicyclic) bond motifs is 4. The summed E-state index contributed by atoms with van der Waals surface area (Å²) in [6.45, 7) is 5.41. The Labute approximate surface area is 205 Å². The summed E-state index contributed by atoms with van der Waals surface area (Å²) in [5, 5.41) is 4.48. The number of amides is 1. The summed E-state index contributed by atoms with van der Waals surface area (Å²) in [5.41, 5.74) is 6.88. The van der Waals surface area contributed by atoms with Crippen LogP contribution in [0.1, 0.15) is 5.56 Å². The lowest BCUT2D eigenvalue weighted by molar-refractivity contribution is -0.111. The molecular formula is C29H20N4O3. The van der Waals surface area contributed by atoms with Gasteiger partial charge in [-0.1, -0.05) is 24.8 Å². The Kier molecular flexibility index (Phi) is 4.97. The van der Waals surface area contributed by atoms with E-state index in [2.05, 4.69) is 21.9 Å². The van der Waals surface area contributed by atoms with Gasteiger partial charge in [0.25, 0.3) is 5.56 Å². The molecule has 174 valence electrons. The van der Waals surface area contributed by atoms with Crippen LogP contribution in [0.4, 0.5) is 5.69 Å². The van der Waals surface area contributed by atoms with E-state index >= 15 is 0 Å². The van der Waals surface area contributed by atoms with Gasteiger partial charge in [0.15, 0.2) is 12.0 Å². The van der Waals surface area contributed by atoms with Gasteiger partial charge in [-0.05, 0) is 72.2 Å². The average Bonchev–Trinajstić information content (AvgIpc) is 3.37. The second-order valence-electron chi connectivity index (χ2n) is 8.53. The van der Waals surface area contributed by atoms with E-state index in [1.807, 2.05) is 55.5 Å². The highest BCUT2D eigenvalue weighted by atomic mass is 16.3. The Hall–Kier alpha value is -5.04. The second-order valence-corrected chi connectivity index (χ2v) is 8.53. The number of carbonyl (C=O) groups excluding carboxylic acids is 1. The first-order valence-corrected chi connectivity index (χ1v) is 11.3. The normalized spacial score (nSPS) is 11.2. The molecule has 0 unspecified atom stereocenters. The molecule has 6 aromatic rings. The number of rotatable bonds is 4. The first-order chi connectivity index (χ1) is 17.5. The van der Waals surface area contributed by atoms with E-state index in [1.165, 1.54) is 18.5 Å². The third-order valence-electron chi connectivity index (χ3n) is 6.30. The molecule has 0 saturated carbocycles. The van der Waals surface area contributed by atoms with Crippen molar-refractivity contribution in [2.24, 2.45) is 0 Å². The van der Waals surface area contributed by atoms with Crippen LogP contribution in [0.25, 0.3) is 49.7 Å². The first-order valence-electron chi connectivity index (χ1n) is 11.3.